The van der Waals surface area contributed by atoms with Crippen molar-refractivity contribution < 1.29 is 9.59 Å². The van der Waals surface area contributed by atoms with Crippen LogP contribution in [0.1, 0.15) is 55.3 Å². The van der Waals surface area contributed by atoms with Crippen molar-refractivity contribution in [1.82, 2.24) is 14.9 Å². The fourth-order valence-corrected chi connectivity index (χ4v) is 4.42. The predicted molar refractivity (Wildman–Crippen MR) is 116 cm³/mol. The Hall–Kier alpha value is -2.76. The molecule has 1 fully saturated rings. The van der Waals surface area contributed by atoms with Gasteiger partial charge < -0.3 is 4.90 Å². The number of fused-ring (bicyclic) bond motifs is 1. The van der Waals surface area contributed by atoms with E-state index in [1.165, 1.54) is 0 Å². The van der Waals surface area contributed by atoms with E-state index in [0.717, 1.165) is 41.4 Å². The molecule has 0 bridgehead atoms. The van der Waals surface area contributed by atoms with Crippen LogP contribution in [-0.2, 0) is 22.4 Å². The van der Waals surface area contributed by atoms with Crippen molar-refractivity contribution in [3.63, 3.8) is 0 Å². The summed E-state index contributed by atoms with van der Waals surface area (Å²) in [4.78, 5) is 38.7. The number of likely N-dealkylation sites (tertiary alicyclic amines) is 1. The lowest BCUT2D eigenvalue weighted by atomic mass is 10.0. The molecule has 1 atom stereocenters. The summed E-state index contributed by atoms with van der Waals surface area (Å²) >= 11 is 0. The minimum absolute atomic E-state index is 0.117. The number of hydrogen-bond donors (Lipinski definition) is 0. The number of amides is 2. The largest absolute Gasteiger partial charge is 0.342 e. The van der Waals surface area contributed by atoms with Crippen LogP contribution in [0.4, 0.5) is 5.82 Å². The van der Waals surface area contributed by atoms with Gasteiger partial charge in [0, 0.05) is 43.2 Å². The van der Waals surface area contributed by atoms with Crippen molar-refractivity contribution in [2.45, 2.75) is 52.4 Å². The quantitative estimate of drug-likeness (QED) is 0.764. The third kappa shape index (κ3) is 4.23. The van der Waals surface area contributed by atoms with Gasteiger partial charge in [-0.2, -0.15) is 0 Å². The van der Waals surface area contributed by atoms with E-state index in [1.807, 2.05) is 47.1 Å². The molecule has 2 aromatic rings. The SMILES string of the molecule is Cc1nc(C2CCN(C(=O)Cc3ccccc3)C2)nc2c1CCC(=O)N2CC(C)C. The fraction of sp³-hybridized carbons (Fsp3) is 0.500. The average molecular weight is 407 g/mol. The van der Waals surface area contributed by atoms with E-state index in [0.29, 0.717) is 38.3 Å². The zero-order valence-corrected chi connectivity index (χ0v) is 18.1. The summed E-state index contributed by atoms with van der Waals surface area (Å²) in [6.45, 7) is 8.29. The van der Waals surface area contributed by atoms with E-state index >= 15 is 0 Å². The second-order valence-electron chi connectivity index (χ2n) is 8.86. The Labute approximate surface area is 178 Å². The van der Waals surface area contributed by atoms with E-state index in [-0.39, 0.29) is 17.7 Å². The smallest absolute Gasteiger partial charge is 0.228 e. The van der Waals surface area contributed by atoms with Gasteiger partial charge in [-0.25, -0.2) is 9.97 Å². The Morgan fingerprint density at radius 3 is 2.67 bits per heavy atom. The van der Waals surface area contributed by atoms with Crippen molar-refractivity contribution in [3.05, 3.63) is 53.0 Å². The molecule has 158 valence electrons. The Morgan fingerprint density at radius 2 is 1.93 bits per heavy atom. The highest BCUT2D eigenvalue weighted by atomic mass is 16.2. The fourth-order valence-electron chi connectivity index (χ4n) is 4.42. The molecule has 2 aliphatic rings. The normalized spacial score (nSPS) is 18.8. The van der Waals surface area contributed by atoms with E-state index in [2.05, 4.69) is 13.8 Å². The van der Waals surface area contributed by atoms with Gasteiger partial charge in [-0.3, -0.25) is 14.5 Å². The van der Waals surface area contributed by atoms with Gasteiger partial charge >= 0.3 is 0 Å². The van der Waals surface area contributed by atoms with Gasteiger partial charge in [0.1, 0.15) is 11.6 Å². The third-order valence-corrected chi connectivity index (χ3v) is 6.01. The van der Waals surface area contributed by atoms with Crippen LogP contribution in [0, 0.1) is 12.8 Å². The standard InChI is InChI=1S/C24H30N4O2/c1-16(2)14-28-21(29)10-9-20-17(3)25-23(26-24(20)28)19-11-12-27(15-19)22(30)13-18-7-5-4-6-8-18/h4-8,16,19H,9-15H2,1-3H3. The second kappa shape index (κ2) is 8.54. The van der Waals surface area contributed by atoms with E-state index in [9.17, 15) is 9.59 Å². The zero-order chi connectivity index (χ0) is 21.3. The zero-order valence-electron chi connectivity index (χ0n) is 18.1. The molecule has 1 unspecified atom stereocenters. The topological polar surface area (TPSA) is 66.4 Å². The van der Waals surface area contributed by atoms with Gasteiger partial charge in [-0.1, -0.05) is 44.2 Å². The molecule has 30 heavy (non-hydrogen) atoms. The minimum Gasteiger partial charge on any atom is -0.342 e. The van der Waals surface area contributed by atoms with Crippen LogP contribution < -0.4 is 4.90 Å². The van der Waals surface area contributed by atoms with Crippen LogP contribution in [-0.4, -0.2) is 46.3 Å². The molecule has 0 N–H and O–H groups in total. The second-order valence-corrected chi connectivity index (χ2v) is 8.86. The van der Waals surface area contributed by atoms with Crippen LogP contribution in [0.25, 0.3) is 0 Å². The molecule has 6 nitrogen and oxygen atoms in total. The van der Waals surface area contributed by atoms with E-state index in [1.54, 1.807) is 0 Å². The Bertz CT molecular complexity index is 942. The third-order valence-electron chi connectivity index (χ3n) is 6.01. The molecule has 1 aromatic carbocycles. The number of rotatable bonds is 5. The summed E-state index contributed by atoms with van der Waals surface area (Å²) in [6.07, 6.45) is 2.51. The number of aromatic nitrogens is 2. The number of hydrogen-bond acceptors (Lipinski definition) is 4. The number of nitrogens with zero attached hydrogens (tertiary/aromatic N) is 4. The van der Waals surface area contributed by atoms with Crippen molar-refractivity contribution in [3.8, 4) is 0 Å². The summed E-state index contributed by atoms with van der Waals surface area (Å²) in [5, 5.41) is 0. The van der Waals surface area contributed by atoms with Crippen molar-refractivity contribution >= 4 is 17.6 Å². The molecule has 1 aromatic heterocycles. The first-order valence-corrected chi connectivity index (χ1v) is 10.9. The predicted octanol–water partition coefficient (Wildman–Crippen LogP) is 3.28. The molecule has 2 amide bonds. The number of aryl methyl sites for hydroxylation is 1. The first kappa shape index (κ1) is 20.5. The molecule has 4 rings (SSSR count). The van der Waals surface area contributed by atoms with Gasteiger partial charge in [-0.15, -0.1) is 0 Å². The van der Waals surface area contributed by atoms with Crippen LogP contribution >= 0.6 is 0 Å². The number of carbonyl (C=O) groups excluding carboxylic acids is 2. The average Bonchev–Trinajstić information content (AvgIpc) is 3.21. The molecule has 6 heteroatoms. The molecule has 0 radical (unpaired) electrons. The highest BCUT2D eigenvalue weighted by Gasteiger charge is 2.33. The lowest BCUT2D eigenvalue weighted by Crippen LogP contribution is -2.39. The van der Waals surface area contributed by atoms with Crippen LogP contribution in [0.3, 0.4) is 0 Å². The summed E-state index contributed by atoms with van der Waals surface area (Å²) in [7, 11) is 0. The van der Waals surface area contributed by atoms with Gasteiger partial charge in [-0.05, 0) is 31.2 Å². The summed E-state index contributed by atoms with van der Waals surface area (Å²) in [5.41, 5.74) is 3.09. The molecule has 1 saturated heterocycles. The molecular formula is C24H30N4O2. The Morgan fingerprint density at radius 1 is 1.17 bits per heavy atom. The van der Waals surface area contributed by atoms with Gasteiger partial charge in [0.15, 0.2) is 0 Å². The van der Waals surface area contributed by atoms with Crippen molar-refractivity contribution in [1.29, 1.82) is 0 Å². The Kier molecular flexibility index (Phi) is 5.84. The summed E-state index contributed by atoms with van der Waals surface area (Å²) < 4.78 is 0. The molecule has 0 saturated carbocycles. The number of benzene rings is 1. The monoisotopic (exact) mass is 406 g/mol. The highest BCUT2D eigenvalue weighted by Crippen LogP contribution is 2.32. The van der Waals surface area contributed by atoms with Gasteiger partial charge in [0.05, 0.1) is 6.42 Å². The van der Waals surface area contributed by atoms with Crippen LogP contribution in [0.2, 0.25) is 0 Å². The lowest BCUT2D eigenvalue weighted by Gasteiger charge is -2.31. The molecule has 2 aliphatic heterocycles. The summed E-state index contributed by atoms with van der Waals surface area (Å²) in [6, 6.07) is 9.86. The maximum Gasteiger partial charge on any atom is 0.228 e. The van der Waals surface area contributed by atoms with E-state index < -0.39 is 0 Å². The highest BCUT2D eigenvalue weighted by molar-refractivity contribution is 5.95. The van der Waals surface area contributed by atoms with E-state index in [4.69, 9.17) is 9.97 Å². The molecule has 3 heterocycles. The number of carbonyl (C=O) groups is 2. The van der Waals surface area contributed by atoms with Gasteiger partial charge in [0.2, 0.25) is 11.8 Å². The minimum atomic E-state index is 0.117. The first-order chi connectivity index (χ1) is 14.4. The van der Waals surface area contributed by atoms with Gasteiger partial charge in [0.25, 0.3) is 0 Å². The maximum atomic E-state index is 12.7. The molecule has 0 spiro atoms. The van der Waals surface area contributed by atoms with Crippen molar-refractivity contribution in [2.24, 2.45) is 5.92 Å². The molecular weight excluding hydrogens is 376 g/mol. The van der Waals surface area contributed by atoms with Crippen LogP contribution in [0.15, 0.2) is 30.3 Å². The molecule has 0 aliphatic carbocycles. The maximum absolute atomic E-state index is 12.7. The summed E-state index contributed by atoms with van der Waals surface area (Å²) in [5.74, 6) is 2.34. The first-order valence-electron chi connectivity index (χ1n) is 10.9. The van der Waals surface area contributed by atoms with Crippen LogP contribution in [0.5, 0.6) is 0 Å². The van der Waals surface area contributed by atoms with Crippen molar-refractivity contribution in [2.75, 3.05) is 24.5 Å². The number of anilines is 1. The Balaban J connectivity index is 1.52. The lowest BCUT2D eigenvalue weighted by molar-refractivity contribution is -0.129.